The molecule has 0 aliphatic carbocycles. The van der Waals surface area contributed by atoms with Gasteiger partial charge in [0.15, 0.2) is 4.77 Å². The molecule has 20 heavy (non-hydrogen) atoms. The summed E-state index contributed by atoms with van der Waals surface area (Å²) in [6.45, 7) is 0. The van der Waals surface area contributed by atoms with Gasteiger partial charge in [-0.15, -0.1) is 5.11 Å². The van der Waals surface area contributed by atoms with E-state index in [-0.39, 0.29) is 21.7 Å². The molecule has 0 saturated carbocycles. The first-order chi connectivity index (χ1) is 9.47. The van der Waals surface area contributed by atoms with Gasteiger partial charge in [-0.3, -0.25) is 9.78 Å². The highest BCUT2D eigenvalue weighted by atomic mass is 32.1. The fourth-order valence-corrected chi connectivity index (χ4v) is 1.55. The average molecular weight is 291 g/mol. The number of carbonyl (C=O) groups excluding carboxylic acids is 1. The predicted octanol–water partition coefficient (Wildman–Crippen LogP) is 0.917. The van der Waals surface area contributed by atoms with Gasteiger partial charge in [-0.25, -0.2) is 0 Å². The van der Waals surface area contributed by atoms with Crippen molar-refractivity contribution in [3.05, 3.63) is 45.0 Å². The highest BCUT2D eigenvalue weighted by molar-refractivity contribution is 7.71. The zero-order valence-corrected chi connectivity index (χ0v) is 10.6. The second kappa shape index (κ2) is 5.45. The van der Waals surface area contributed by atoms with Crippen molar-refractivity contribution >= 4 is 29.6 Å². The van der Waals surface area contributed by atoms with Gasteiger partial charge in [-0.2, -0.15) is 5.11 Å². The molecular weight excluding hydrogens is 284 g/mol. The van der Waals surface area contributed by atoms with Crippen LogP contribution in [0.1, 0.15) is 10.4 Å². The number of carboxylic acids is 1. The SMILES string of the molecule is O=C([O-])c1cccc(N=Nc2c(O)[nH]c(=S)[nH]c2=O)c1. The van der Waals surface area contributed by atoms with Crippen molar-refractivity contribution in [1.29, 1.82) is 0 Å². The number of hydrogen-bond acceptors (Lipinski definition) is 7. The first-order valence-electron chi connectivity index (χ1n) is 5.26. The molecular formula is C11H7N4O4S-. The van der Waals surface area contributed by atoms with Crippen LogP contribution in [0.25, 0.3) is 0 Å². The molecule has 102 valence electrons. The van der Waals surface area contributed by atoms with Crippen molar-refractivity contribution in [1.82, 2.24) is 9.97 Å². The Balaban J connectivity index is 2.40. The molecule has 0 amide bonds. The minimum absolute atomic E-state index is 0.0506. The number of H-pyrrole nitrogens is 2. The van der Waals surface area contributed by atoms with E-state index < -0.39 is 17.4 Å². The second-order valence-electron chi connectivity index (χ2n) is 3.64. The van der Waals surface area contributed by atoms with Crippen molar-refractivity contribution in [2.45, 2.75) is 0 Å². The van der Waals surface area contributed by atoms with Gasteiger partial charge in [0.05, 0.1) is 11.7 Å². The summed E-state index contributed by atoms with van der Waals surface area (Å²) in [5.74, 6) is -1.88. The summed E-state index contributed by atoms with van der Waals surface area (Å²) in [7, 11) is 0. The zero-order chi connectivity index (χ0) is 14.7. The van der Waals surface area contributed by atoms with Crippen LogP contribution < -0.4 is 10.7 Å². The third-order valence-electron chi connectivity index (χ3n) is 2.25. The minimum Gasteiger partial charge on any atom is -0.545 e. The Morgan fingerprint density at radius 1 is 1.30 bits per heavy atom. The average Bonchev–Trinajstić information content (AvgIpc) is 2.37. The quantitative estimate of drug-likeness (QED) is 0.571. The van der Waals surface area contributed by atoms with Gasteiger partial charge >= 0.3 is 0 Å². The summed E-state index contributed by atoms with van der Waals surface area (Å²) >= 11 is 4.65. The van der Waals surface area contributed by atoms with Crippen LogP contribution in [0, 0.1) is 4.77 Å². The topological polar surface area (TPSA) is 134 Å². The number of aromatic nitrogens is 2. The molecule has 0 aliphatic rings. The van der Waals surface area contributed by atoms with E-state index in [1.807, 2.05) is 0 Å². The Labute approximate surface area is 116 Å². The van der Waals surface area contributed by atoms with E-state index in [1.165, 1.54) is 24.3 Å². The fourth-order valence-electron chi connectivity index (χ4n) is 1.36. The number of azo groups is 1. The lowest BCUT2D eigenvalue weighted by Gasteiger charge is -2.01. The molecule has 2 rings (SSSR count). The van der Waals surface area contributed by atoms with Crippen LogP contribution in [-0.4, -0.2) is 21.0 Å². The number of rotatable bonds is 3. The van der Waals surface area contributed by atoms with Crippen LogP contribution in [0.4, 0.5) is 11.4 Å². The number of aromatic hydroxyl groups is 1. The van der Waals surface area contributed by atoms with E-state index >= 15 is 0 Å². The Hall–Kier alpha value is -2.81. The maximum absolute atomic E-state index is 11.5. The van der Waals surface area contributed by atoms with Crippen LogP contribution in [0.2, 0.25) is 0 Å². The third kappa shape index (κ3) is 2.95. The highest BCUT2D eigenvalue weighted by Gasteiger charge is 2.06. The number of carbonyl (C=O) groups is 1. The molecule has 0 unspecified atom stereocenters. The molecule has 1 aromatic heterocycles. The van der Waals surface area contributed by atoms with Gasteiger partial charge in [-0.1, -0.05) is 12.1 Å². The molecule has 0 radical (unpaired) electrons. The minimum atomic E-state index is -1.36. The maximum atomic E-state index is 11.5. The maximum Gasteiger partial charge on any atom is 0.283 e. The lowest BCUT2D eigenvalue weighted by Crippen LogP contribution is -2.21. The first kappa shape index (κ1) is 13.6. The smallest absolute Gasteiger partial charge is 0.283 e. The molecule has 0 fully saturated rings. The molecule has 9 heteroatoms. The lowest BCUT2D eigenvalue weighted by molar-refractivity contribution is -0.255. The van der Waals surface area contributed by atoms with Gasteiger partial charge < -0.3 is 20.0 Å². The number of nitrogens with one attached hydrogen (secondary N) is 2. The van der Waals surface area contributed by atoms with Crippen LogP contribution in [0.15, 0.2) is 39.3 Å². The van der Waals surface area contributed by atoms with E-state index in [9.17, 15) is 19.8 Å². The molecule has 0 aliphatic heterocycles. The van der Waals surface area contributed by atoms with Crippen LogP contribution >= 0.6 is 12.2 Å². The van der Waals surface area contributed by atoms with Crippen LogP contribution in [-0.2, 0) is 0 Å². The second-order valence-corrected chi connectivity index (χ2v) is 4.05. The summed E-state index contributed by atoms with van der Waals surface area (Å²) in [6, 6.07) is 5.47. The fraction of sp³-hybridized carbons (Fsp3) is 0. The van der Waals surface area contributed by atoms with E-state index in [4.69, 9.17) is 0 Å². The predicted molar refractivity (Wildman–Crippen MR) is 68.9 cm³/mol. The van der Waals surface area contributed by atoms with Gasteiger partial charge in [0.1, 0.15) is 0 Å². The number of hydrogen-bond donors (Lipinski definition) is 3. The van der Waals surface area contributed by atoms with Crippen molar-refractivity contribution in [3.8, 4) is 5.88 Å². The van der Waals surface area contributed by atoms with E-state index in [1.54, 1.807) is 0 Å². The zero-order valence-electron chi connectivity index (χ0n) is 9.78. The third-order valence-corrected chi connectivity index (χ3v) is 2.45. The number of benzene rings is 1. The Kier molecular flexibility index (Phi) is 3.71. The lowest BCUT2D eigenvalue weighted by atomic mass is 10.2. The summed E-state index contributed by atoms with van der Waals surface area (Å²) in [5.41, 5.74) is -0.969. The monoisotopic (exact) mass is 291 g/mol. The van der Waals surface area contributed by atoms with Crippen molar-refractivity contribution in [2.24, 2.45) is 10.2 Å². The number of nitrogens with zero attached hydrogens (tertiary/aromatic N) is 2. The molecule has 1 heterocycles. The van der Waals surface area contributed by atoms with Crippen molar-refractivity contribution in [3.63, 3.8) is 0 Å². The summed E-state index contributed by atoms with van der Waals surface area (Å²) in [4.78, 5) is 26.7. The van der Waals surface area contributed by atoms with Crippen molar-refractivity contribution < 1.29 is 15.0 Å². The highest BCUT2D eigenvalue weighted by Crippen LogP contribution is 2.21. The van der Waals surface area contributed by atoms with Gasteiger partial charge in [0, 0.05) is 0 Å². The molecule has 0 bridgehead atoms. The molecule has 0 saturated heterocycles. The summed E-state index contributed by atoms with van der Waals surface area (Å²) in [5, 5.41) is 27.4. The number of aromatic carboxylic acids is 1. The molecule has 2 aromatic rings. The molecule has 3 N–H and O–H groups in total. The van der Waals surface area contributed by atoms with Crippen molar-refractivity contribution in [2.75, 3.05) is 0 Å². The molecule has 1 aromatic carbocycles. The van der Waals surface area contributed by atoms with E-state index in [2.05, 4.69) is 32.4 Å². The Bertz CT molecular complexity index is 809. The number of aromatic amines is 2. The van der Waals surface area contributed by atoms with Crippen LogP contribution in [0.3, 0.4) is 0 Å². The standard InChI is InChI=1S/C11H8N4O4S/c16-8-7(9(17)13-11(20)12-8)15-14-6-3-1-2-5(4-6)10(18)19/h1-4H,(H,18,19)(H3,12,13,16,17,20)/p-1. The first-order valence-corrected chi connectivity index (χ1v) is 5.67. The summed E-state index contributed by atoms with van der Waals surface area (Å²) in [6.07, 6.45) is 0. The van der Waals surface area contributed by atoms with Gasteiger partial charge in [0.2, 0.25) is 11.6 Å². The normalized spacial score (nSPS) is 10.8. The van der Waals surface area contributed by atoms with Crippen LogP contribution in [0.5, 0.6) is 5.88 Å². The molecule has 0 atom stereocenters. The Morgan fingerprint density at radius 3 is 2.70 bits per heavy atom. The van der Waals surface area contributed by atoms with Gasteiger partial charge in [0.25, 0.3) is 5.56 Å². The molecule has 8 nitrogen and oxygen atoms in total. The number of carboxylic acid groups (broad SMARTS) is 1. The largest absolute Gasteiger partial charge is 0.545 e. The summed E-state index contributed by atoms with van der Waals surface area (Å²) < 4.78 is -0.0506. The van der Waals surface area contributed by atoms with Gasteiger partial charge in [-0.05, 0) is 29.9 Å². The van der Waals surface area contributed by atoms with E-state index in [0.29, 0.717) is 0 Å². The molecule has 0 spiro atoms. The van der Waals surface area contributed by atoms with E-state index in [0.717, 1.165) is 0 Å². The Morgan fingerprint density at radius 2 is 2.05 bits per heavy atom.